The average Bonchev–Trinajstić information content (AvgIpc) is 3.19. The summed E-state index contributed by atoms with van der Waals surface area (Å²) in [5.41, 5.74) is 1.64. The Bertz CT molecular complexity index is 1160. The molecule has 0 aliphatic carbocycles. The molecule has 0 aliphatic rings. The van der Waals surface area contributed by atoms with Crippen LogP contribution in [0.2, 0.25) is 0 Å². The molecule has 8 heteroatoms. The third kappa shape index (κ3) is 6.12. The Morgan fingerprint density at radius 2 is 1.94 bits per heavy atom. The second kappa shape index (κ2) is 10.7. The lowest BCUT2D eigenvalue weighted by molar-refractivity contribution is -0.112. The summed E-state index contributed by atoms with van der Waals surface area (Å²) in [6.45, 7) is 4.40. The maximum Gasteiger partial charge on any atom is 0.267 e. The van der Waals surface area contributed by atoms with Crippen molar-refractivity contribution in [3.8, 4) is 23.3 Å². The van der Waals surface area contributed by atoms with E-state index in [4.69, 9.17) is 18.7 Å². The number of carbonyl (C=O) groups excluding carboxylic acids is 1. The zero-order chi connectivity index (χ0) is 22.9. The van der Waals surface area contributed by atoms with Crippen molar-refractivity contribution >= 4 is 17.8 Å². The second-order valence-electron chi connectivity index (χ2n) is 6.87. The summed E-state index contributed by atoms with van der Waals surface area (Å²) in [6, 6.07) is 16.4. The Morgan fingerprint density at radius 1 is 1.12 bits per heavy atom. The minimum Gasteiger partial charge on any atom is -0.493 e. The van der Waals surface area contributed by atoms with Gasteiger partial charge in [0.15, 0.2) is 17.3 Å². The maximum absolute atomic E-state index is 12.3. The minimum absolute atomic E-state index is 0.0899. The molecule has 8 nitrogen and oxygen atoms in total. The highest BCUT2D eigenvalue weighted by molar-refractivity contribution is 6.09. The van der Waals surface area contributed by atoms with Crippen LogP contribution in [0.15, 0.2) is 58.6 Å². The molecule has 0 spiro atoms. The van der Waals surface area contributed by atoms with E-state index in [1.54, 1.807) is 31.2 Å². The molecule has 0 atom stereocenters. The third-order valence-corrected chi connectivity index (χ3v) is 4.33. The van der Waals surface area contributed by atoms with Gasteiger partial charge >= 0.3 is 0 Å². The fourth-order valence-corrected chi connectivity index (χ4v) is 2.83. The summed E-state index contributed by atoms with van der Waals surface area (Å²) < 4.78 is 21.7. The molecule has 1 amide bonds. The molecule has 0 fully saturated rings. The monoisotopic (exact) mass is 433 g/mol. The summed E-state index contributed by atoms with van der Waals surface area (Å²) in [7, 11) is 1.52. The average molecular weight is 433 g/mol. The first kappa shape index (κ1) is 22.4. The van der Waals surface area contributed by atoms with Crippen molar-refractivity contribution in [1.82, 2.24) is 5.16 Å². The van der Waals surface area contributed by atoms with Gasteiger partial charge in [-0.2, -0.15) is 5.26 Å². The van der Waals surface area contributed by atoms with Crippen molar-refractivity contribution in [3.63, 3.8) is 0 Å². The van der Waals surface area contributed by atoms with Crippen LogP contribution in [0.1, 0.15) is 16.9 Å². The van der Waals surface area contributed by atoms with Gasteiger partial charge in [-0.05, 0) is 55.3 Å². The highest BCUT2D eigenvalue weighted by Gasteiger charge is 2.13. The fourth-order valence-electron chi connectivity index (χ4n) is 2.83. The van der Waals surface area contributed by atoms with Crippen LogP contribution in [0.5, 0.6) is 17.2 Å². The van der Waals surface area contributed by atoms with Crippen molar-refractivity contribution in [3.05, 3.63) is 71.0 Å². The van der Waals surface area contributed by atoms with Crippen molar-refractivity contribution in [2.45, 2.75) is 13.8 Å². The highest BCUT2D eigenvalue weighted by atomic mass is 16.5. The number of nitrogens with one attached hydrogen (secondary N) is 1. The molecule has 0 bridgehead atoms. The second-order valence-corrected chi connectivity index (χ2v) is 6.87. The van der Waals surface area contributed by atoms with Gasteiger partial charge in [0.1, 0.15) is 36.4 Å². The van der Waals surface area contributed by atoms with E-state index in [2.05, 4.69) is 10.5 Å². The zero-order valence-electron chi connectivity index (χ0n) is 18.0. The first-order valence-electron chi connectivity index (χ1n) is 9.85. The standard InChI is InChI=1S/C24H23N3O5/c1-16-5-4-6-20(11-16)30-9-10-31-21-8-7-18(14-22(21)29-3)13-19(15-25)24(28)26-23-12-17(2)32-27-23/h4-8,11-14H,9-10H2,1-3H3,(H,26,27,28)/b19-13-. The molecule has 0 unspecified atom stereocenters. The van der Waals surface area contributed by atoms with E-state index in [0.717, 1.165) is 11.3 Å². The molecule has 2 aromatic carbocycles. The molecule has 1 aromatic heterocycles. The van der Waals surface area contributed by atoms with Crippen LogP contribution in [0.25, 0.3) is 6.08 Å². The molecular weight excluding hydrogens is 410 g/mol. The fraction of sp³-hybridized carbons (Fsp3) is 0.208. The van der Waals surface area contributed by atoms with Crippen LogP contribution in [-0.2, 0) is 4.79 Å². The summed E-state index contributed by atoms with van der Waals surface area (Å²) in [4.78, 5) is 12.3. The number of methoxy groups -OCH3 is 1. The van der Waals surface area contributed by atoms with Gasteiger partial charge in [0, 0.05) is 6.07 Å². The topological polar surface area (TPSA) is 107 Å². The summed E-state index contributed by atoms with van der Waals surface area (Å²) in [5.74, 6) is 1.98. The number of ether oxygens (including phenoxy) is 3. The van der Waals surface area contributed by atoms with Crippen LogP contribution in [-0.4, -0.2) is 31.4 Å². The molecule has 3 rings (SSSR count). The summed E-state index contributed by atoms with van der Waals surface area (Å²) in [5, 5.41) is 15.6. The number of carbonyl (C=O) groups is 1. The number of aryl methyl sites for hydroxylation is 2. The van der Waals surface area contributed by atoms with Crippen molar-refractivity contribution in [2.24, 2.45) is 0 Å². The number of hydrogen-bond acceptors (Lipinski definition) is 7. The van der Waals surface area contributed by atoms with E-state index in [9.17, 15) is 10.1 Å². The largest absolute Gasteiger partial charge is 0.493 e. The predicted molar refractivity (Wildman–Crippen MR) is 119 cm³/mol. The highest BCUT2D eigenvalue weighted by Crippen LogP contribution is 2.29. The molecular formula is C24H23N3O5. The van der Waals surface area contributed by atoms with Crippen molar-refractivity contribution in [1.29, 1.82) is 5.26 Å². The summed E-state index contributed by atoms with van der Waals surface area (Å²) >= 11 is 0. The van der Waals surface area contributed by atoms with Crippen molar-refractivity contribution < 1.29 is 23.5 Å². The Labute approximate surface area is 186 Å². The SMILES string of the molecule is COc1cc(/C=C(/C#N)C(=O)Nc2cc(C)on2)ccc1OCCOc1cccc(C)c1. The van der Waals surface area contributed by atoms with E-state index in [1.165, 1.54) is 13.2 Å². The van der Waals surface area contributed by atoms with E-state index in [-0.39, 0.29) is 11.4 Å². The van der Waals surface area contributed by atoms with Gasteiger partial charge in [-0.15, -0.1) is 0 Å². The van der Waals surface area contributed by atoms with Gasteiger partial charge in [-0.25, -0.2) is 0 Å². The Hall–Kier alpha value is -4.25. The lowest BCUT2D eigenvalue weighted by Gasteiger charge is -2.12. The van der Waals surface area contributed by atoms with Crippen LogP contribution in [0.4, 0.5) is 5.82 Å². The summed E-state index contributed by atoms with van der Waals surface area (Å²) in [6.07, 6.45) is 1.45. The van der Waals surface area contributed by atoms with Gasteiger partial charge in [0.25, 0.3) is 5.91 Å². The van der Waals surface area contributed by atoms with Gasteiger partial charge in [0.2, 0.25) is 0 Å². The minimum atomic E-state index is -0.589. The van der Waals surface area contributed by atoms with Crippen LogP contribution in [0, 0.1) is 25.2 Å². The van der Waals surface area contributed by atoms with Crippen LogP contribution < -0.4 is 19.5 Å². The molecule has 0 radical (unpaired) electrons. The number of rotatable bonds is 9. The van der Waals surface area contributed by atoms with E-state index in [1.807, 2.05) is 37.3 Å². The zero-order valence-corrected chi connectivity index (χ0v) is 18.0. The Morgan fingerprint density at radius 3 is 2.62 bits per heavy atom. The number of nitriles is 1. The number of anilines is 1. The smallest absolute Gasteiger partial charge is 0.267 e. The molecule has 32 heavy (non-hydrogen) atoms. The molecule has 0 saturated carbocycles. The third-order valence-electron chi connectivity index (χ3n) is 4.33. The van der Waals surface area contributed by atoms with Crippen LogP contribution >= 0.6 is 0 Å². The number of nitrogens with zero attached hydrogens (tertiary/aromatic N) is 2. The van der Waals surface area contributed by atoms with Gasteiger partial charge in [-0.1, -0.05) is 23.4 Å². The molecule has 1 heterocycles. The molecule has 3 aromatic rings. The van der Waals surface area contributed by atoms with E-state index < -0.39 is 5.91 Å². The molecule has 0 saturated heterocycles. The van der Waals surface area contributed by atoms with Crippen molar-refractivity contribution in [2.75, 3.05) is 25.6 Å². The Kier molecular flexibility index (Phi) is 7.49. The number of hydrogen-bond donors (Lipinski definition) is 1. The van der Waals surface area contributed by atoms with E-state index in [0.29, 0.717) is 36.0 Å². The van der Waals surface area contributed by atoms with Crippen LogP contribution in [0.3, 0.4) is 0 Å². The van der Waals surface area contributed by atoms with Gasteiger partial charge in [-0.3, -0.25) is 4.79 Å². The maximum atomic E-state index is 12.3. The Balaban J connectivity index is 1.62. The normalized spacial score (nSPS) is 10.9. The number of amides is 1. The molecule has 164 valence electrons. The molecule has 1 N–H and O–H groups in total. The quantitative estimate of drug-likeness (QED) is 0.304. The number of benzene rings is 2. The first-order valence-corrected chi connectivity index (χ1v) is 9.85. The predicted octanol–water partition coefficient (Wildman–Crippen LogP) is 4.30. The lowest BCUT2D eigenvalue weighted by atomic mass is 10.1. The van der Waals surface area contributed by atoms with Gasteiger partial charge < -0.3 is 24.1 Å². The first-order chi connectivity index (χ1) is 15.5. The van der Waals surface area contributed by atoms with Gasteiger partial charge in [0.05, 0.1) is 7.11 Å². The molecule has 0 aliphatic heterocycles. The lowest BCUT2D eigenvalue weighted by Crippen LogP contribution is -2.13. The number of aromatic nitrogens is 1. The van der Waals surface area contributed by atoms with E-state index >= 15 is 0 Å².